The first-order chi connectivity index (χ1) is 11.0. The van der Waals surface area contributed by atoms with Crippen LogP contribution in [0, 0.1) is 10.1 Å². The minimum absolute atomic E-state index is 0.00661. The predicted octanol–water partition coefficient (Wildman–Crippen LogP) is 3.14. The van der Waals surface area contributed by atoms with Crippen molar-refractivity contribution in [2.45, 2.75) is 25.8 Å². The lowest BCUT2D eigenvalue weighted by Crippen LogP contribution is -2.29. The first-order valence-electron chi connectivity index (χ1n) is 7.38. The molecule has 0 radical (unpaired) electrons. The third kappa shape index (κ3) is 4.35. The molecule has 0 aliphatic heterocycles. The molecule has 2 aromatic rings. The van der Waals surface area contributed by atoms with Gasteiger partial charge >= 0.3 is 0 Å². The maximum absolute atomic E-state index is 12.3. The van der Waals surface area contributed by atoms with Gasteiger partial charge in [0.1, 0.15) is 0 Å². The molecule has 1 amide bonds. The Bertz CT molecular complexity index is 688. The summed E-state index contributed by atoms with van der Waals surface area (Å²) in [6.45, 7) is 1.86. The maximum Gasteiger partial charge on any atom is 0.269 e. The quantitative estimate of drug-likeness (QED) is 0.606. The molecular weight excluding hydrogens is 294 g/mol. The standard InChI is InChI=1S/C17H19N3O3/c1-13(15-6-3-7-16(11-15)20(22)23)19(2)17(21)9-8-14-5-4-10-18-12-14/h3-7,10-13H,8-9H2,1-2H3/t13-/m0/s1. The third-order valence-electron chi connectivity index (χ3n) is 3.89. The molecule has 1 aromatic carbocycles. The van der Waals surface area contributed by atoms with Crippen molar-refractivity contribution in [1.82, 2.24) is 9.88 Å². The largest absolute Gasteiger partial charge is 0.339 e. The van der Waals surface area contributed by atoms with Gasteiger partial charge in [-0.2, -0.15) is 0 Å². The van der Waals surface area contributed by atoms with Crippen LogP contribution in [0.5, 0.6) is 0 Å². The molecule has 0 saturated carbocycles. The van der Waals surface area contributed by atoms with Crippen LogP contribution in [-0.2, 0) is 11.2 Å². The number of hydrogen-bond donors (Lipinski definition) is 0. The molecule has 0 N–H and O–H groups in total. The van der Waals surface area contributed by atoms with Gasteiger partial charge in [0.2, 0.25) is 5.91 Å². The molecule has 0 unspecified atom stereocenters. The molecule has 6 heteroatoms. The summed E-state index contributed by atoms with van der Waals surface area (Å²) in [5.41, 5.74) is 1.79. The number of nitro groups is 1. The van der Waals surface area contributed by atoms with E-state index in [0.717, 1.165) is 11.1 Å². The Hall–Kier alpha value is -2.76. The number of non-ortho nitro benzene ring substituents is 1. The number of amides is 1. The van der Waals surface area contributed by atoms with Gasteiger partial charge in [-0.05, 0) is 30.5 Å². The van der Waals surface area contributed by atoms with Gasteiger partial charge in [0, 0.05) is 38.0 Å². The Morgan fingerprint density at radius 2 is 2.13 bits per heavy atom. The highest BCUT2D eigenvalue weighted by Crippen LogP contribution is 2.23. The average Bonchev–Trinajstić information content (AvgIpc) is 2.59. The van der Waals surface area contributed by atoms with E-state index in [4.69, 9.17) is 0 Å². The molecule has 1 atom stereocenters. The van der Waals surface area contributed by atoms with Crippen molar-refractivity contribution in [3.8, 4) is 0 Å². The lowest BCUT2D eigenvalue weighted by atomic mass is 10.1. The van der Waals surface area contributed by atoms with Crippen LogP contribution in [0.3, 0.4) is 0 Å². The van der Waals surface area contributed by atoms with E-state index in [0.29, 0.717) is 12.8 Å². The van der Waals surface area contributed by atoms with Crippen molar-refractivity contribution in [1.29, 1.82) is 0 Å². The summed E-state index contributed by atoms with van der Waals surface area (Å²) in [5.74, 6) is -0.00661. The van der Waals surface area contributed by atoms with Crippen molar-refractivity contribution >= 4 is 11.6 Å². The molecule has 0 aliphatic carbocycles. The lowest BCUT2D eigenvalue weighted by molar-refractivity contribution is -0.384. The fourth-order valence-corrected chi connectivity index (χ4v) is 2.31. The topological polar surface area (TPSA) is 76.3 Å². The summed E-state index contributed by atoms with van der Waals surface area (Å²) in [5, 5.41) is 10.9. The smallest absolute Gasteiger partial charge is 0.269 e. The highest BCUT2D eigenvalue weighted by atomic mass is 16.6. The fraction of sp³-hybridized carbons (Fsp3) is 0.294. The van der Waals surface area contributed by atoms with Gasteiger partial charge in [-0.1, -0.05) is 18.2 Å². The number of carbonyl (C=O) groups excluding carboxylic acids is 1. The van der Waals surface area contributed by atoms with Crippen molar-refractivity contribution in [2.75, 3.05) is 7.05 Å². The van der Waals surface area contributed by atoms with E-state index in [2.05, 4.69) is 4.98 Å². The normalized spacial score (nSPS) is 11.7. The molecule has 2 rings (SSSR count). The minimum atomic E-state index is -0.430. The molecule has 0 bridgehead atoms. The number of carbonyl (C=O) groups is 1. The minimum Gasteiger partial charge on any atom is -0.339 e. The Kier molecular flexibility index (Phi) is 5.41. The van der Waals surface area contributed by atoms with E-state index in [1.54, 1.807) is 36.5 Å². The molecule has 0 aliphatic rings. The zero-order chi connectivity index (χ0) is 16.8. The Morgan fingerprint density at radius 1 is 1.35 bits per heavy atom. The summed E-state index contributed by atoms with van der Waals surface area (Å²) in [7, 11) is 1.72. The van der Waals surface area contributed by atoms with Gasteiger partial charge in [0.05, 0.1) is 11.0 Å². The van der Waals surface area contributed by atoms with Gasteiger partial charge in [0.25, 0.3) is 5.69 Å². The molecule has 0 spiro atoms. The molecule has 1 heterocycles. The molecule has 120 valence electrons. The highest BCUT2D eigenvalue weighted by Gasteiger charge is 2.19. The van der Waals surface area contributed by atoms with Crippen molar-refractivity contribution in [2.24, 2.45) is 0 Å². The summed E-state index contributed by atoms with van der Waals surface area (Å²) in [6, 6.07) is 9.94. The van der Waals surface area contributed by atoms with Crippen LogP contribution >= 0.6 is 0 Å². The van der Waals surface area contributed by atoms with Crippen LogP contribution in [0.25, 0.3) is 0 Å². The molecule has 23 heavy (non-hydrogen) atoms. The van der Waals surface area contributed by atoms with E-state index in [1.807, 2.05) is 19.1 Å². The number of nitrogens with zero attached hydrogens (tertiary/aromatic N) is 3. The van der Waals surface area contributed by atoms with E-state index in [9.17, 15) is 14.9 Å². The van der Waals surface area contributed by atoms with Crippen molar-refractivity contribution < 1.29 is 9.72 Å². The van der Waals surface area contributed by atoms with Gasteiger partial charge in [0.15, 0.2) is 0 Å². The Labute approximate surface area is 134 Å². The first kappa shape index (κ1) is 16.6. The number of aromatic nitrogens is 1. The number of pyridine rings is 1. The molecule has 0 fully saturated rings. The first-order valence-corrected chi connectivity index (χ1v) is 7.38. The van der Waals surface area contributed by atoms with Crippen LogP contribution in [0.15, 0.2) is 48.8 Å². The second-order valence-electron chi connectivity index (χ2n) is 5.39. The van der Waals surface area contributed by atoms with E-state index >= 15 is 0 Å². The van der Waals surface area contributed by atoms with E-state index in [1.165, 1.54) is 12.1 Å². The second kappa shape index (κ2) is 7.49. The fourth-order valence-electron chi connectivity index (χ4n) is 2.31. The highest BCUT2D eigenvalue weighted by molar-refractivity contribution is 5.76. The summed E-state index contributed by atoms with van der Waals surface area (Å²) >= 11 is 0. The van der Waals surface area contributed by atoms with Crippen LogP contribution in [0.1, 0.15) is 30.5 Å². The van der Waals surface area contributed by atoms with Gasteiger partial charge < -0.3 is 4.90 Å². The van der Waals surface area contributed by atoms with Crippen LogP contribution in [0.4, 0.5) is 5.69 Å². The number of aryl methyl sites for hydroxylation is 1. The number of nitro benzene ring substituents is 1. The zero-order valence-corrected chi connectivity index (χ0v) is 13.2. The van der Waals surface area contributed by atoms with Crippen LogP contribution < -0.4 is 0 Å². The Balaban J connectivity index is 2.01. The maximum atomic E-state index is 12.3. The number of benzene rings is 1. The lowest BCUT2D eigenvalue weighted by Gasteiger charge is -2.25. The van der Waals surface area contributed by atoms with Gasteiger partial charge in [-0.25, -0.2) is 0 Å². The number of rotatable bonds is 6. The second-order valence-corrected chi connectivity index (χ2v) is 5.39. The average molecular weight is 313 g/mol. The molecule has 1 aromatic heterocycles. The summed E-state index contributed by atoms with van der Waals surface area (Å²) in [6.07, 6.45) is 4.44. The third-order valence-corrected chi connectivity index (χ3v) is 3.89. The number of hydrogen-bond acceptors (Lipinski definition) is 4. The molecule has 0 saturated heterocycles. The summed E-state index contributed by atoms with van der Waals surface area (Å²) in [4.78, 5) is 28.4. The van der Waals surface area contributed by atoms with Crippen LogP contribution in [0.2, 0.25) is 0 Å². The van der Waals surface area contributed by atoms with Crippen molar-refractivity contribution in [3.05, 3.63) is 70.0 Å². The Morgan fingerprint density at radius 3 is 2.78 bits per heavy atom. The molecule has 6 nitrogen and oxygen atoms in total. The van der Waals surface area contributed by atoms with E-state index < -0.39 is 4.92 Å². The van der Waals surface area contributed by atoms with Gasteiger partial charge in [-0.3, -0.25) is 19.9 Å². The SMILES string of the molecule is C[C@@H](c1cccc([N+](=O)[O-])c1)N(C)C(=O)CCc1cccnc1. The predicted molar refractivity (Wildman–Crippen MR) is 86.8 cm³/mol. The van der Waals surface area contributed by atoms with Crippen LogP contribution in [-0.4, -0.2) is 27.8 Å². The van der Waals surface area contributed by atoms with Crippen molar-refractivity contribution in [3.63, 3.8) is 0 Å². The summed E-state index contributed by atoms with van der Waals surface area (Å²) < 4.78 is 0. The monoisotopic (exact) mass is 313 g/mol. The van der Waals surface area contributed by atoms with E-state index in [-0.39, 0.29) is 17.6 Å². The zero-order valence-electron chi connectivity index (χ0n) is 13.2. The van der Waals surface area contributed by atoms with Gasteiger partial charge in [-0.15, -0.1) is 0 Å². The molecular formula is C17H19N3O3.